The van der Waals surface area contributed by atoms with E-state index < -0.39 is 0 Å². The number of benzene rings is 1. The van der Waals surface area contributed by atoms with E-state index in [0.717, 1.165) is 29.6 Å². The van der Waals surface area contributed by atoms with E-state index in [2.05, 4.69) is 10.6 Å². The number of aryl methyl sites for hydroxylation is 2. The average molecular weight is 330 g/mol. The quantitative estimate of drug-likeness (QED) is 0.793. The predicted octanol–water partition coefficient (Wildman–Crippen LogP) is 1.94. The first kappa shape index (κ1) is 16.4. The van der Waals surface area contributed by atoms with Crippen LogP contribution < -0.4 is 15.4 Å². The molecule has 6 nitrogen and oxygen atoms in total. The Hall–Kier alpha value is -2.50. The summed E-state index contributed by atoms with van der Waals surface area (Å²) in [5, 5.41) is 6.40. The van der Waals surface area contributed by atoms with Crippen molar-refractivity contribution in [2.24, 2.45) is 0 Å². The molecule has 24 heavy (non-hydrogen) atoms. The van der Waals surface area contributed by atoms with E-state index in [0.29, 0.717) is 18.8 Å². The minimum atomic E-state index is -0.213. The van der Waals surface area contributed by atoms with Crippen LogP contribution in [0.2, 0.25) is 0 Å². The molecular weight excluding hydrogens is 308 g/mol. The third kappa shape index (κ3) is 3.88. The molecule has 1 aromatic carbocycles. The van der Waals surface area contributed by atoms with Crippen molar-refractivity contribution in [2.75, 3.05) is 19.7 Å². The van der Waals surface area contributed by atoms with E-state index in [-0.39, 0.29) is 18.4 Å². The molecule has 2 amide bonds. The molecule has 0 fully saturated rings. The molecule has 2 aromatic rings. The number of ether oxygens (including phenoxy) is 1. The third-order valence-corrected chi connectivity index (χ3v) is 4.12. The maximum atomic E-state index is 11.7. The number of nitrogens with one attached hydrogen (secondary N) is 2. The Labute approximate surface area is 140 Å². The maximum absolute atomic E-state index is 11.7. The Balaban J connectivity index is 1.55. The van der Waals surface area contributed by atoms with Crippen LogP contribution in [0, 0.1) is 0 Å². The minimum Gasteiger partial charge on any atom is -0.484 e. The van der Waals surface area contributed by atoms with Crippen LogP contribution in [-0.2, 0) is 22.4 Å². The second-order valence-corrected chi connectivity index (χ2v) is 5.99. The van der Waals surface area contributed by atoms with Gasteiger partial charge in [-0.1, -0.05) is 0 Å². The fraction of sp³-hybridized carbons (Fsp3) is 0.444. The van der Waals surface area contributed by atoms with Crippen LogP contribution in [0.15, 0.2) is 22.6 Å². The van der Waals surface area contributed by atoms with Gasteiger partial charge in [0.25, 0.3) is 5.91 Å². The molecule has 1 aromatic heterocycles. The topological polar surface area (TPSA) is 80.6 Å². The van der Waals surface area contributed by atoms with Crippen LogP contribution in [0.25, 0.3) is 11.0 Å². The SMILES string of the molecule is CC(=O)NCCNC(=O)COc1ccc2oc3c(c2c1)CCCC3. The van der Waals surface area contributed by atoms with Gasteiger partial charge in [0.05, 0.1) is 0 Å². The van der Waals surface area contributed by atoms with Gasteiger partial charge in [-0.2, -0.15) is 0 Å². The summed E-state index contributed by atoms with van der Waals surface area (Å²) in [5.74, 6) is 1.42. The summed E-state index contributed by atoms with van der Waals surface area (Å²) in [6, 6.07) is 5.67. The lowest BCUT2D eigenvalue weighted by Crippen LogP contribution is -2.36. The molecule has 1 heterocycles. The van der Waals surface area contributed by atoms with Crippen molar-refractivity contribution in [1.82, 2.24) is 10.6 Å². The molecule has 0 spiro atoms. The molecule has 0 atom stereocenters. The molecule has 1 aliphatic rings. The van der Waals surface area contributed by atoms with Crippen LogP contribution >= 0.6 is 0 Å². The maximum Gasteiger partial charge on any atom is 0.258 e. The largest absolute Gasteiger partial charge is 0.484 e. The van der Waals surface area contributed by atoms with Gasteiger partial charge in [-0.15, -0.1) is 0 Å². The van der Waals surface area contributed by atoms with Crippen molar-refractivity contribution >= 4 is 22.8 Å². The molecule has 0 bridgehead atoms. The highest BCUT2D eigenvalue weighted by Crippen LogP contribution is 2.33. The lowest BCUT2D eigenvalue weighted by Gasteiger charge is -2.09. The van der Waals surface area contributed by atoms with Crippen LogP contribution in [0.1, 0.15) is 31.1 Å². The summed E-state index contributed by atoms with van der Waals surface area (Å²) in [4.78, 5) is 22.5. The summed E-state index contributed by atoms with van der Waals surface area (Å²) in [6.07, 6.45) is 4.39. The Morgan fingerprint density at radius 3 is 2.79 bits per heavy atom. The van der Waals surface area contributed by atoms with Gasteiger partial charge < -0.3 is 19.8 Å². The molecule has 0 aliphatic heterocycles. The monoisotopic (exact) mass is 330 g/mol. The molecule has 0 radical (unpaired) electrons. The molecule has 1 aliphatic carbocycles. The summed E-state index contributed by atoms with van der Waals surface area (Å²) >= 11 is 0. The second-order valence-electron chi connectivity index (χ2n) is 5.99. The molecule has 3 rings (SSSR count). The van der Waals surface area contributed by atoms with Gasteiger partial charge in [0, 0.05) is 37.4 Å². The summed E-state index contributed by atoms with van der Waals surface area (Å²) in [7, 11) is 0. The fourth-order valence-corrected chi connectivity index (χ4v) is 2.97. The average Bonchev–Trinajstić information content (AvgIpc) is 2.94. The number of rotatable bonds is 6. The van der Waals surface area contributed by atoms with Crippen LogP contribution in [0.3, 0.4) is 0 Å². The highest BCUT2D eigenvalue weighted by Gasteiger charge is 2.18. The van der Waals surface area contributed by atoms with Gasteiger partial charge in [0.1, 0.15) is 17.1 Å². The Morgan fingerprint density at radius 1 is 1.17 bits per heavy atom. The molecule has 0 saturated heterocycles. The first-order valence-electron chi connectivity index (χ1n) is 8.32. The van der Waals surface area contributed by atoms with Crippen molar-refractivity contribution in [1.29, 1.82) is 0 Å². The molecule has 0 unspecified atom stereocenters. The Bertz CT molecular complexity index is 751. The van der Waals surface area contributed by atoms with Crippen LogP contribution in [-0.4, -0.2) is 31.5 Å². The first-order valence-corrected chi connectivity index (χ1v) is 8.32. The van der Waals surface area contributed by atoms with Gasteiger partial charge in [-0.25, -0.2) is 0 Å². The van der Waals surface area contributed by atoms with E-state index >= 15 is 0 Å². The van der Waals surface area contributed by atoms with E-state index in [9.17, 15) is 9.59 Å². The smallest absolute Gasteiger partial charge is 0.258 e. The lowest BCUT2D eigenvalue weighted by atomic mass is 9.96. The van der Waals surface area contributed by atoms with Crippen LogP contribution in [0.4, 0.5) is 0 Å². The second kappa shape index (κ2) is 7.38. The zero-order chi connectivity index (χ0) is 16.9. The van der Waals surface area contributed by atoms with Gasteiger partial charge >= 0.3 is 0 Å². The van der Waals surface area contributed by atoms with E-state index in [4.69, 9.17) is 9.15 Å². The zero-order valence-corrected chi connectivity index (χ0v) is 13.8. The Morgan fingerprint density at radius 2 is 1.96 bits per heavy atom. The molecule has 128 valence electrons. The van der Waals surface area contributed by atoms with Gasteiger partial charge in [-0.05, 0) is 37.5 Å². The van der Waals surface area contributed by atoms with Crippen molar-refractivity contribution < 1.29 is 18.7 Å². The van der Waals surface area contributed by atoms with Gasteiger partial charge in [-0.3, -0.25) is 9.59 Å². The van der Waals surface area contributed by atoms with E-state index in [1.54, 1.807) is 0 Å². The van der Waals surface area contributed by atoms with Crippen LogP contribution in [0.5, 0.6) is 5.75 Å². The highest BCUT2D eigenvalue weighted by molar-refractivity contribution is 5.84. The molecular formula is C18H22N2O4. The number of hydrogen-bond acceptors (Lipinski definition) is 4. The van der Waals surface area contributed by atoms with E-state index in [1.165, 1.54) is 25.3 Å². The number of amides is 2. The molecule has 2 N–H and O–H groups in total. The van der Waals surface area contributed by atoms with Crippen molar-refractivity contribution in [3.63, 3.8) is 0 Å². The number of hydrogen-bond donors (Lipinski definition) is 2. The normalized spacial score (nSPS) is 13.4. The van der Waals surface area contributed by atoms with Gasteiger partial charge in [0.2, 0.25) is 5.91 Å². The standard InChI is InChI=1S/C18H22N2O4/c1-12(21)19-8-9-20-18(22)11-23-13-6-7-17-15(10-13)14-4-2-3-5-16(14)24-17/h6-7,10H,2-5,8-9,11H2,1H3,(H,19,21)(H,20,22). The third-order valence-electron chi connectivity index (χ3n) is 4.12. The predicted molar refractivity (Wildman–Crippen MR) is 90.0 cm³/mol. The number of furan rings is 1. The summed E-state index contributed by atoms with van der Waals surface area (Å²) in [5.41, 5.74) is 2.16. The summed E-state index contributed by atoms with van der Waals surface area (Å²) < 4.78 is 11.5. The zero-order valence-electron chi connectivity index (χ0n) is 13.8. The molecule has 6 heteroatoms. The van der Waals surface area contributed by atoms with E-state index in [1.807, 2.05) is 18.2 Å². The van der Waals surface area contributed by atoms with Crippen molar-refractivity contribution in [3.05, 3.63) is 29.5 Å². The first-order chi connectivity index (χ1) is 11.6. The summed E-state index contributed by atoms with van der Waals surface area (Å²) in [6.45, 7) is 2.19. The van der Waals surface area contributed by atoms with Gasteiger partial charge in [0.15, 0.2) is 6.61 Å². The fourth-order valence-electron chi connectivity index (χ4n) is 2.97. The number of carbonyl (C=O) groups is 2. The number of fused-ring (bicyclic) bond motifs is 3. The minimum absolute atomic E-state index is 0.0500. The molecule has 0 saturated carbocycles. The van der Waals surface area contributed by atoms with Crippen molar-refractivity contribution in [2.45, 2.75) is 32.6 Å². The highest BCUT2D eigenvalue weighted by atomic mass is 16.5. The Kier molecular flexibility index (Phi) is 5.03. The van der Waals surface area contributed by atoms with Crippen molar-refractivity contribution in [3.8, 4) is 5.75 Å². The lowest BCUT2D eigenvalue weighted by molar-refractivity contribution is -0.123. The number of carbonyl (C=O) groups excluding carboxylic acids is 2.